The quantitative estimate of drug-likeness (QED) is 0.939. The lowest BCUT2D eigenvalue weighted by Gasteiger charge is -2.18. The lowest BCUT2D eigenvalue weighted by Crippen LogP contribution is -2.26. The Kier molecular flexibility index (Phi) is 4.36. The fourth-order valence-corrected chi connectivity index (χ4v) is 2.40. The van der Waals surface area contributed by atoms with Gasteiger partial charge >= 0.3 is 0 Å². The first-order chi connectivity index (χ1) is 9.93. The molecule has 2 rings (SSSR count). The van der Waals surface area contributed by atoms with Crippen LogP contribution in [-0.2, 0) is 6.54 Å². The molecule has 1 aromatic heterocycles. The molecule has 0 saturated carbocycles. The summed E-state index contributed by atoms with van der Waals surface area (Å²) in [4.78, 5) is 12.4. The van der Waals surface area contributed by atoms with Gasteiger partial charge in [-0.2, -0.15) is 0 Å². The second-order valence-electron chi connectivity index (χ2n) is 5.69. The summed E-state index contributed by atoms with van der Waals surface area (Å²) in [6.45, 7) is 6.79. The van der Waals surface area contributed by atoms with E-state index in [-0.39, 0.29) is 11.2 Å². The molecule has 2 N–H and O–H groups in total. The highest BCUT2D eigenvalue weighted by molar-refractivity contribution is 5.69. The van der Waals surface area contributed by atoms with Crippen molar-refractivity contribution < 1.29 is 4.74 Å². The third kappa shape index (κ3) is 3.10. The largest absolute Gasteiger partial charge is 0.496 e. The molecule has 0 spiro atoms. The zero-order valence-electron chi connectivity index (χ0n) is 13.0. The van der Waals surface area contributed by atoms with Crippen molar-refractivity contribution in [3.05, 3.63) is 46.2 Å². The maximum absolute atomic E-state index is 12.4. The molecule has 4 nitrogen and oxygen atoms in total. The molecule has 1 aromatic carbocycles. The highest BCUT2D eigenvalue weighted by Crippen LogP contribution is 2.30. The van der Waals surface area contributed by atoms with Gasteiger partial charge in [-0.25, -0.2) is 0 Å². The summed E-state index contributed by atoms with van der Waals surface area (Å²) in [5, 5.41) is 0. The molecule has 112 valence electrons. The standard InChI is InChI=1S/C17H22N2O2/c1-11(2)10-19-15(7-6-14(18)17(19)20)13-9-12(3)5-8-16(13)21-4/h5-9,11H,10,18H2,1-4H3. The second kappa shape index (κ2) is 6.04. The number of ether oxygens (including phenoxy) is 1. The van der Waals surface area contributed by atoms with E-state index in [0.29, 0.717) is 12.5 Å². The number of benzene rings is 1. The van der Waals surface area contributed by atoms with E-state index in [1.165, 1.54) is 0 Å². The number of nitrogen functional groups attached to an aromatic ring is 1. The van der Waals surface area contributed by atoms with Crippen LogP contribution in [0.4, 0.5) is 5.69 Å². The van der Waals surface area contributed by atoms with E-state index in [9.17, 15) is 4.79 Å². The van der Waals surface area contributed by atoms with Gasteiger partial charge in [0.1, 0.15) is 5.75 Å². The third-order valence-corrected chi connectivity index (χ3v) is 3.38. The smallest absolute Gasteiger partial charge is 0.274 e. The van der Waals surface area contributed by atoms with E-state index in [1.54, 1.807) is 17.7 Å². The Morgan fingerprint density at radius 2 is 1.95 bits per heavy atom. The van der Waals surface area contributed by atoms with E-state index >= 15 is 0 Å². The van der Waals surface area contributed by atoms with Crippen molar-refractivity contribution in [3.8, 4) is 17.0 Å². The van der Waals surface area contributed by atoms with E-state index < -0.39 is 0 Å². The first-order valence-corrected chi connectivity index (χ1v) is 7.08. The molecule has 2 aromatic rings. The number of nitrogens with two attached hydrogens (primary N) is 1. The first-order valence-electron chi connectivity index (χ1n) is 7.08. The van der Waals surface area contributed by atoms with E-state index in [1.807, 2.05) is 31.2 Å². The van der Waals surface area contributed by atoms with Crippen LogP contribution in [0, 0.1) is 12.8 Å². The zero-order valence-corrected chi connectivity index (χ0v) is 13.0. The third-order valence-electron chi connectivity index (χ3n) is 3.38. The topological polar surface area (TPSA) is 57.2 Å². The summed E-state index contributed by atoms with van der Waals surface area (Å²) in [6, 6.07) is 9.49. The summed E-state index contributed by atoms with van der Waals surface area (Å²) in [6.07, 6.45) is 0. The van der Waals surface area contributed by atoms with E-state index in [4.69, 9.17) is 10.5 Å². The predicted octanol–water partition coefficient (Wildman–Crippen LogP) is 3.07. The number of nitrogens with zero attached hydrogens (tertiary/aromatic N) is 1. The van der Waals surface area contributed by atoms with E-state index in [2.05, 4.69) is 13.8 Å². The van der Waals surface area contributed by atoms with Gasteiger partial charge in [-0.1, -0.05) is 25.5 Å². The molecule has 1 heterocycles. The number of anilines is 1. The number of rotatable bonds is 4. The van der Waals surface area contributed by atoms with Crippen LogP contribution in [0.5, 0.6) is 5.75 Å². The molecule has 0 radical (unpaired) electrons. The molecule has 0 aliphatic rings. The Balaban J connectivity index is 2.72. The minimum absolute atomic E-state index is 0.148. The fraction of sp³-hybridized carbons (Fsp3) is 0.353. The average Bonchev–Trinajstić information content (AvgIpc) is 2.44. The minimum Gasteiger partial charge on any atom is -0.496 e. The van der Waals surface area contributed by atoms with Crippen LogP contribution in [0.25, 0.3) is 11.3 Å². The number of aryl methyl sites for hydroxylation is 1. The lowest BCUT2D eigenvalue weighted by atomic mass is 10.1. The predicted molar refractivity (Wildman–Crippen MR) is 86.7 cm³/mol. The Bertz CT molecular complexity index is 702. The van der Waals surface area contributed by atoms with Gasteiger partial charge in [0, 0.05) is 12.1 Å². The summed E-state index contributed by atoms with van der Waals surface area (Å²) < 4.78 is 7.17. The van der Waals surface area contributed by atoms with Crippen LogP contribution < -0.4 is 16.0 Å². The molecule has 0 fully saturated rings. The lowest BCUT2D eigenvalue weighted by molar-refractivity contribution is 0.415. The van der Waals surface area contributed by atoms with Crippen molar-refractivity contribution in [2.24, 2.45) is 5.92 Å². The number of hydrogen-bond donors (Lipinski definition) is 1. The molecule has 21 heavy (non-hydrogen) atoms. The Hall–Kier alpha value is -2.23. The van der Waals surface area contributed by atoms with Crippen LogP contribution in [-0.4, -0.2) is 11.7 Å². The molecule has 0 aliphatic heterocycles. The molecule has 0 unspecified atom stereocenters. The highest BCUT2D eigenvalue weighted by Gasteiger charge is 2.14. The summed E-state index contributed by atoms with van der Waals surface area (Å²) in [5.41, 5.74) is 8.77. The number of pyridine rings is 1. The minimum atomic E-state index is -0.148. The molecule has 0 atom stereocenters. The van der Waals surface area contributed by atoms with Gasteiger partial charge in [0.2, 0.25) is 0 Å². The molecule has 0 bridgehead atoms. The molecule has 0 aliphatic carbocycles. The van der Waals surface area contributed by atoms with Gasteiger partial charge in [-0.05, 0) is 37.1 Å². The average molecular weight is 286 g/mol. The number of methoxy groups -OCH3 is 1. The van der Waals surface area contributed by atoms with Crippen molar-refractivity contribution in [2.75, 3.05) is 12.8 Å². The highest BCUT2D eigenvalue weighted by atomic mass is 16.5. The van der Waals surface area contributed by atoms with Crippen LogP contribution in [0.1, 0.15) is 19.4 Å². The number of hydrogen-bond acceptors (Lipinski definition) is 3. The summed E-state index contributed by atoms with van der Waals surface area (Å²) >= 11 is 0. The van der Waals surface area contributed by atoms with Crippen LogP contribution >= 0.6 is 0 Å². The van der Waals surface area contributed by atoms with Gasteiger partial charge in [0.05, 0.1) is 18.5 Å². The normalized spacial score (nSPS) is 10.9. The second-order valence-corrected chi connectivity index (χ2v) is 5.69. The van der Waals surface area contributed by atoms with Gasteiger partial charge in [-0.15, -0.1) is 0 Å². The first kappa shape index (κ1) is 15.2. The van der Waals surface area contributed by atoms with Crippen LogP contribution in [0.15, 0.2) is 35.1 Å². The zero-order chi connectivity index (χ0) is 15.6. The monoisotopic (exact) mass is 286 g/mol. The van der Waals surface area contributed by atoms with Gasteiger partial charge in [-0.3, -0.25) is 4.79 Å². The van der Waals surface area contributed by atoms with Crippen LogP contribution in [0.3, 0.4) is 0 Å². The van der Waals surface area contributed by atoms with Gasteiger partial charge in [0.15, 0.2) is 0 Å². The Morgan fingerprint density at radius 1 is 1.24 bits per heavy atom. The van der Waals surface area contributed by atoms with Crippen molar-refractivity contribution >= 4 is 5.69 Å². The molecule has 0 amide bonds. The van der Waals surface area contributed by atoms with Crippen LogP contribution in [0.2, 0.25) is 0 Å². The Labute approximate surface area is 125 Å². The molecule has 0 saturated heterocycles. The van der Waals surface area contributed by atoms with Crippen molar-refractivity contribution in [1.29, 1.82) is 0 Å². The summed E-state index contributed by atoms with van der Waals surface area (Å²) in [7, 11) is 1.64. The maximum Gasteiger partial charge on any atom is 0.274 e. The van der Waals surface area contributed by atoms with Gasteiger partial charge in [0.25, 0.3) is 5.56 Å². The Morgan fingerprint density at radius 3 is 2.57 bits per heavy atom. The molecule has 4 heteroatoms. The van der Waals surface area contributed by atoms with Crippen molar-refractivity contribution in [2.45, 2.75) is 27.3 Å². The summed E-state index contributed by atoms with van der Waals surface area (Å²) in [5.74, 6) is 1.10. The van der Waals surface area contributed by atoms with Crippen molar-refractivity contribution in [3.63, 3.8) is 0 Å². The van der Waals surface area contributed by atoms with E-state index in [0.717, 1.165) is 22.6 Å². The number of aromatic nitrogens is 1. The maximum atomic E-state index is 12.4. The van der Waals surface area contributed by atoms with Crippen molar-refractivity contribution in [1.82, 2.24) is 4.57 Å². The molecular formula is C17H22N2O2. The van der Waals surface area contributed by atoms with Gasteiger partial charge < -0.3 is 15.0 Å². The molecular weight excluding hydrogens is 264 g/mol. The fourth-order valence-electron chi connectivity index (χ4n) is 2.40. The SMILES string of the molecule is COc1ccc(C)cc1-c1ccc(N)c(=O)n1CC(C)C.